The number of hydrogen-bond acceptors (Lipinski definition) is 5. The van der Waals surface area contributed by atoms with Gasteiger partial charge >= 0.3 is 6.03 Å². The van der Waals surface area contributed by atoms with E-state index in [1.54, 1.807) is 6.07 Å². The fourth-order valence-corrected chi connectivity index (χ4v) is 2.06. The number of para-hydroxylation sites is 1. The lowest BCUT2D eigenvalue weighted by Crippen LogP contribution is -2.42. The topological polar surface area (TPSA) is 94.6 Å². The van der Waals surface area contributed by atoms with Crippen LogP contribution in [0.3, 0.4) is 0 Å². The van der Waals surface area contributed by atoms with Crippen molar-refractivity contribution in [1.29, 1.82) is 0 Å². The van der Waals surface area contributed by atoms with Gasteiger partial charge in [0.1, 0.15) is 11.5 Å². The van der Waals surface area contributed by atoms with E-state index in [0.29, 0.717) is 23.5 Å². The number of carbonyl (C=O) groups is 2. The van der Waals surface area contributed by atoms with Gasteiger partial charge in [-0.2, -0.15) is 10.0 Å². The molecule has 3 amide bonds. The Bertz CT molecular complexity index is 648. The van der Waals surface area contributed by atoms with Crippen molar-refractivity contribution in [2.24, 2.45) is 16.3 Å². The van der Waals surface area contributed by atoms with E-state index in [1.807, 2.05) is 6.08 Å². The molecule has 1 aromatic rings. The van der Waals surface area contributed by atoms with Gasteiger partial charge in [-0.25, -0.2) is 20.0 Å². The predicted molar refractivity (Wildman–Crippen MR) is 80.9 cm³/mol. The van der Waals surface area contributed by atoms with Gasteiger partial charge in [0.2, 0.25) is 6.41 Å². The van der Waals surface area contributed by atoms with Crippen LogP contribution in [0.25, 0.3) is 0 Å². The Labute approximate surface area is 132 Å². The minimum Gasteiger partial charge on any atom is -0.276 e. The van der Waals surface area contributed by atoms with E-state index in [2.05, 4.69) is 10.4 Å². The highest BCUT2D eigenvalue weighted by Gasteiger charge is 2.20. The molecule has 0 aromatic heterocycles. The van der Waals surface area contributed by atoms with Crippen molar-refractivity contribution in [3.8, 4) is 0 Å². The lowest BCUT2D eigenvalue weighted by Gasteiger charge is -2.21. The monoisotopic (exact) mass is 320 g/mol. The standard InChI is InChI=1S/C14H17FN6O2/c1-19(14(23)21(16)11-6-2-3-7-11)17-18-20(10-22)13-9-5-4-8-12(13)15/h4-6,8-10H,2-3,7,16H2,1H3/b18-17-. The Balaban J connectivity index is 2.06. The molecule has 23 heavy (non-hydrogen) atoms. The second-order valence-electron chi connectivity index (χ2n) is 4.84. The third-order valence-electron chi connectivity index (χ3n) is 3.28. The van der Waals surface area contributed by atoms with Crippen LogP contribution in [0.5, 0.6) is 0 Å². The number of carbonyl (C=O) groups excluding carboxylic acids is 2. The summed E-state index contributed by atoms with van der Waals surface area (Å²) >= 11 is 0. The Morgan fingerprint density at radius 2 is 2.09 bits per heavy atom. The van der Waals surface area contributed by atoms with Crippen molar-refractivity contribution in [3.05, 3.63) is 41.9 Å². The van der Waals surface area contributed by atoms with Crippen molar-refractivity contribution < 1.29 is 14.0 Å². The predicted octanol–water partition coefficient (Wildman–Crippen LogP) is 2.37. The van der Waals surface area contributed by atoms with E-state index < -0.39 is 11.8 Å². The largest absolute Gasteiger partial charge is 0.360 e. The van der Waals surface area contributed by atoms with Gasteiger partial charge in [0.15, 0.2) is 0 Å². The zero-order valence-corrected chi connectivity index (χ0v) is 12.6. The van der Waals surface area contributed by atoms with Gasteiger partial charge in [-0.05, 0) is 41.8 Å². The molecule has 0 saturated heterocycles. The molecule has 1 aromatic carbocycles. The Hall–Kier alpha value is -2.81. The van der Waals surface area contributed by atoms with Gasteiger partial charge in [-0.15, -0.1) is 0 Å². The van der Waals surface area contributed by atoms with Crippen LogP contribution in [0, 0.1) is 5.82 Å². The molecule has 0 unspecified atom stereocenters. The van der Waals surface area contributed by atoms with Gasteiger partial charge in [0, 0.05) is 12.7 Å². The number of nitrogens with zero attached hydrogens (tertiary/aromatic N) is 5. The number of rotatable bonds is 5. The third kappa shape index (κ3) is 3.89. The van der Waals surface area contributed by atoms with Crippen LogP contribution in [-0.4, -0.2) is 29.5 Å². The summed E-state index contributed by atoms with van der Waals surface area (Å²) in [6, 6.07) is 4.97. The van der Waals surface area contributed by atoms with Crippen molar-refractivity contribution >= 4 is 18.1 Å². The molecular formula is C14H17FN6O2. The Morgan fingerprint density at radius 1 is 1.35 bits per heavy atom. The quantitative estimate of drug-likeness (QED) is 0.297. The molecule has 0 atom stereocenters. The maximum atomic E-state index is 13.6. The van der Waals surface area contributed by atoms with Crippen LogP contribution in [-0.2, 0) is 4.79 Å². The van der Waals surface area contributed by atoms with Crippen LogP contribution >= 0.6 is 0 Å². The average Bonchev–Trinajstić information content (AvgIpc) is 3.09. The summed E-state index contributed by atoms with van der Waals surface area (Å²) < 4.78 is 13.6. The smallest absolute Gasteiger partial charge is 0.276 e. The molecule has 2 rings (SSSR count). The maximum Gasteiger partial charge on any atom is 0.360 e. The molecule has 0 aliphatic heterocycles. The summed E-state index contributed by atoms with van der Waals surface area (Å²) in [5.74, 6) is 5.09. The highest BCUT2D eigenvalue weighted by Crippen LogP contribution is 2.20. The molecule has 9 heteroatoms. The van der Waals surface area contributed by atoms with E-state index in [-0.39, 0.29) is 5.69 Å². The highest BCUT2D eigenvalue weighted by molar-refractivity contribution is 5.75. The second-order valence-corrected chi connectivity index (χ2v) is 4.84. The molecule has 0 spiro atoms. The summed E-state index contributed by atoms with van der Waals surface area (Å²) in [7, 11) is 1.34. The van der Waals surface area contributed by atoms with Gasteiger partial charge < -0.3 is 0 Å². The van der Waals surface area contributed by atoms with Gasteiger partial charge in [0.25, 0.3) is 0 Å². The van der Waals surface area contributed by atoms with Crippen LogP contribution in [0.4, 0.5) is 14.9 Å². The van der Waals surface area contributed by atoms with Crippen molar-refractivity contribution in [2.75, 3.05) is 12.1 Å². The Kier molecular flexibility index (Phi) is 5.36. The van der Waals surface area contributed by atoms with E-state index in [9.17, 15) is 14.0 Å². The molecule has 1 aliphatic carbocycles. The van der Waals surface area contributed by atoms with Crippen molar-refractivity contribution in [1.82, 2.24) is 10.0 Å². The highest BCUT2D eigenvalue weighted by atomic mass is 19.1. The molecule has 0 saturated carbocycles. The molecular weight excluding hydrogens is 303 g/mol. The van der Waals surface area contributed by atoms with Gasteiger partial charge in [-0.3, -0.25) is 4.79 Å². The first-order valence-electron chi connectivity index (χ1n) is 6.96. The number of halogens is 1. The molecule has 1 aliphatic rings. The van der Waals surface area contributed by atoms with Crippen LogP contribution in [0.1, 0.15) is 19.3 Å². The number of urea groups is 1. The fraction of sp³-hybridized carbons (Fsp3) is 0.286. The molecule has 0 bridgehead atoms. The molecule has 0 radical (unpaired) electrons. The first kappa shape index (κ1) is 16.6. The van der Waals surface area contributed by atoms with E-state index in [4.69, 9.17) is 5.84 Å². The number of allylic oxidation sites excluding steroid dienone is 2. The first-order chi connectivity index (χ1) is 11.0. The molecule has 8 nitrogen and oxygen atoms in total. The lowest BCUT2D eigenvalue weighted by molar-refractivity contribution is -0.107. The van der Waals surface area contributed by atoms with Gasteiger partial charge in [0.05, 0.1) is 0 Å². The zero-order chi connectivity index (χ0) is 16.8. The summed E-state index contributed by atoms with van der Waals surface area (Å²) in [5.41, 5.74) is 0.633. The second kappa shape index (κ2) is 7.45. The van der Waals surface area contributed by atoms with Gasteiger partial charge in [-0.1, -0.05) is 18.2 Å². The molecule has 122 valence electrons. The minimum atomic E-state index is -0.635. The summed E-state index contributed by atoms with van der Waals surface area (Å²) in [6.45, 7) is 0. The van der Waals surface area contributed by atoms with Crippen LogP contribution in [0.2, 0.25) is 0 Å². The summed E-state index contributed by atoms with van der Waals surface area (Å²) in [6.07, 6.45) is 4.68. The van der Waals surface area contributed by atoms with E-state index in [0.717, 1.165) is 22.9 Å². The van der Waals surface area contributed by atoms with Crippen LogP contribution < -0.4 is 10.9 Å². The average molecular weight is 320 g/mol. The van der Waals surface area contributed by atoms with E-state index >= 15 is 0 Å². The molecule has 0 fully saturated rings. The van der Waals surface area contributed by atoms with E-state index in [1.165, 1.54) is 25.2 Å². The number of nitrogens with two attached hydrogens (primary N) is 1. The summed E-state index contributed by atoms with van der Waals surface area (Å²) in [4.78, 5) is 23.1. The number of amides is 3. The number of hydrazine groups is 1. The SMILES string of the molecule is CN(/N=N\N(C=O)c1ccccc1F)C(=O)N(N)C1=CCCC1. The third-order valence-corrected chi connectivity index (χ3v) is 3.28. The zero-order valence-electron chi connectivity index (χ0n) is 12.6. The van der Waals surface area contributed by atoms with Crippen LogP contribution in [0.15, 0.2) is 46.5 Å². The summed E-state index contributed by atoms with van der Waals surface area (Å²) in [5, 5.41) is 9.70. The number of anilines is 1. The number of hydrogen-bond donors (Lipinski definition) is 1. The normalized spacial score (nSPS) is 13.8. The Morgan fingerprint density at radius 3 is 2.70 bits per heavy atom. The number of benzene rings is 1. The van der Waals surface area contributed by atoms with Crippen molar-refractivity contribution in [2.45, 2.75) is 19.3 Å². The fourth-order valence-electron chi connectivity index (χ4n) is 2.06. The molecule has 0 heterocycles. The molecule has 2 N–H and O–H groups in total. The lowest BCUT2D eigenvalue weighted by atomic mass is 10.3. The van der Waals surface area contributed by atoms with Crippen molar-refractivity contribution in [3.63, 3.8) is 0 Å². The maximum absolute atomic E-state index is 13.6. The minimum absolute atomic E-state index is 0.0739. The first-order valence-corrected chi connectivity index (χ1v) is 6.96.